The Hall–Kier alpha value is -2.67. The fourth-order valence-corrected chi connectivity index (χ4v) is 4.85. The van der Waals surface area contributed by atoms with E-state index in [1.165, 1.54) is 5.56 Å². The molecule has 140 valence electrons. The third-order valence-electron chi connectivity index (χ3n) is 5.28. The van der Waals surface area contributed by atoms with Gasteiger partial charge in [0.05, 0.1) is 0 Å². The van der Waals surface area contributed by atoms with E-state index in [4.69, 9.17) is 0 Å². The maximum absolute atomic E-state index is 13.1. The summed E-state index contributed by atoms with van der Waals surface area (Å²) in [6.45, 7) is 1.77. The Morgan fingerprint density at radius 2 is 2.04 bits per heavy atom. The van der Waals surface area contributed by atoms with E-state index in [0.717, 1.165) is 34.6 Å². The van der Waals surface area contributed by atoms with Crippen molar-refractivity contribution in [2.75, 3.05) is 11.9 Å². The second-order valence-corrected chi connectivity index (χ2v) is 7.94. The van der Waals surface area contributed by atoms with Gasteiger partial charge in [0, 0.05) is 16.1 Å². The minimum Gasteiger partial charge on any atom is -0.325 e. The maximum Gasteiger partial charge on any atom is 0.325 e. The molecule has 1 aliphatic heterocycles. The van der Waals surface area contributed by atoms with Crippen molar-refractivity contribution in [3.05, 3.63) is 51.7 Å². The summed E-state index contributed by atoms with van der Waals surface area (Å²) in [4.78, 5) is 40.1. The van der Waals surface area contributed by atoms with Crippen molar-refractivity contribution in [2.45, 2.75) is 38.1 Å². The maximum atomic E-state index is 13.1. The Kier molecular flexibility index (Phi) is 4.47. The first-order chi connectivity index (χ1) is 13.0. The number of rotatable bonds is 4. The van der Waals surface area contributed by atoms with Crippen LogP contribution in [0, 0.1) is 0 Å². The highest BCUT2D eigenvalue weighted by atomic mass is 32.1. The normalized spacial score (nSPS) is 21.3. The number of imide groups is 1. The molecule has 2 aliphatic rings. The molecule has 0 bridgehead atoms. The second-order valence-electron chi connectivity index (χ2n) is 6.94. The number of anilines is 1. The fraction of sp³-hybridized carbons (Fsp3) is 0.350. The zero-order valence-corrected chi connectivity index (χ0v) is 15.9. The van der Waals surface area contributed by atoms with Crippen LogP contribution in [-0.2, 0) is 28.0 Å². The van der Waals surface area contributed by atoms with Crippen molar-refractivity contribution in [1.29, 1.82) is 0 Å². The number of carbonyl (C=O) groups is 3. The van der Waals surface area contributed by atoms with Gasteiger partial charge in [0.15, 0.2) is 0 Å². The molecule has 1 aromatic heterocycles. The van der Waals surface area contributed by atoms with Crippen LogP contribution in [-0.4, -0.2) is 29.3 Å². The molecule has 0 unspecified atom stereocenters. The summed E-state index contributed by atoms with van der Waals surface area (Å²) in [6.07, 6.45) is 3.25. The van der Waals surface area contributed by atoms with Crippen LogP contribution >= 0.6 is 11.3 Å². The number of carbonyl (C=O) groups excluding carboxylic acids is 3. The Morgan fingerprint density at radius 3 is 2.78 bits per heavy atom. The van der Waals surface area contributed by atoms with Crippen LogP contribution in [0.3, 0.4) is 0 Å². The first-order valence-corrected chi connectivity index (χ1v) is 10.0. The average Bonchev–Trinajstić information content (AvgIpc) is 3.23. The molecule has 2 aromatic rings. The lowest BCUT2D eigenvalue weighted by Crippen LogP contribution is -2.46. The van der Waals surface area contributed by atoms with Crippen LogP contribution in [0.1, 0.15) is 35.8 Å². The van der Waals surface area contributed by atoms with E-state index in [9.17, 15) is 14.4 Å². The number of urea groups is 1. The van der Waals surface area contributed by atoms with Crippen LogP contribution in [0.15, 0.2) is 35.7 Å². The van der Waals surface area contributed by atoms with Gasteiger partial charge in [0.1, 0.15) is 12.1 Å². The molecule has 1 fully saturated rings. The van der Waals surface area contributed by atoms with Crippen molar-refractivity contribution < 1.29 is 14.4 Å². The van der Waals surface area contributed by atoms with E-state index in [0.29, 0.717) is 12.1 Å². The summed E-state index contributed by atoms with van der Waals surface area (Å²) in [5.74, 6) is -0.718. The summed E-state index contributed by atoms with van der Waals surface area (Å²) >= 11 is 1.61. The minimum atomic E-state index is -1.01. The SMILES string of the molecule is CCc1ccc(NC(=O)CN2C(=O)N[C@@]3(CCCc4sccc43)C2=O)cc1. The Morgan fingerprint density at radius 1 is 1.26 bits per heavy atom. The fourth-order valence-electron chi connectivity index (χ4n) is 3.85. The summed E-state index contributed by atoms with van der Waals surface area (Å²) in [7, 11) is 0. The summed E-state index contributed by atoms with van der Waals surface area (Å²) in [6, 6.07) is 8.94. The number of fused-ring (bicyclic) bond motifs is 2. The van der Waals surface area contributed by atoms with Gasteiger partial charge in [0.2, 0.25) is 5.91 Å². The van der Waals surface area contributed by atoms with E-state index in [2.05, 4.69) is 17.6 Å². The van der Waals surface area contributed by atoms with E-state index in [1.54, 1.807) is 11.3 Å². The molecular formula is C20H21N3O3S. The lowest BCUT2D eigenvalue weighted by molar-refractivity contribution is -0.134. The molecule has 6 nitrogen and oxygen atoms in total. The standard InChI is InChI=1S/C20H21N3O3S/c1-2-13-5-7-14(8-6-13)21-17(24)12-23-18(25)20(22-19(23)26)10-3-4-16-15(20)9-11-27-16/h5-9,11H,2-4,10,12H2,1H3,(H,21,24)(H,22,26)/t20-/m1/s1. The van der Waals surface area contributed by atoms with Gasteiger partial charge in [-0.05, 0) is 54.8 Å². The Bertz CT molecular complexity index is 905. The molecule has 7 heteroatoms. The number of benzene rings is 1. The molecule has 27 heavy (non-hydrogen) atoms. The third-order valence-corrected chi connectivity index (χ3v) is 6.26. The van der Waals surface area contributed by atoms with Crippen LogP contribution in [0.4, 0.5) is 10.5 Å². The quantitative estimate of drug-likeness (QED) is 0.797. The van der Waals surface area contributed by atoms with E-state index in [1.807, 2.05) is 35.7 Å². The first-order valence-electron chi connectivity index (χ1n) is 9.13. The largest absolute Gasteiger partial charge is 0.325 e. The summed E-state index contributed by atoms with van der Waals surface area (Å²) in [5, 5.41) is 7.57. The number of hydrogen-bond acceptors (Lipinski definition) is 4. The molecule has 1 spiro atoms. The minimum absolute atomic E-state index is 0.290. The molecule has 2 N–H and O–H groups in total. The van der Waals surface area contributed by atoms with Gasteiger partial charge >= 0.3 is 6.03 Å². The van der Waals surface area contributed by atoms with Gasteiger partial charge < -0.3 is 10.6 Å². The molecule has 0 radical (unpaired) electrons. The van der Waals surface area contributed by atoms with E-state index >= 15 is 0 Å². The number of aryl methyl sites for hydroxylation is 2. The summed E-state index contributed by atoms with van der Waals surface area (Å²) in [5.41, 5.74) is 1.70. The Labute approximate surface area is 161 Å². The van der Waals surface area contributed by atoms with Gasteiger partial charge in [-0.2, -0.15) is 0 Å². The first kappa shape index (κ1) is 17.7. The molecule has 2 heterocycles. The lowest BCUT2D eigenvalue weighted by Gasteiger charge is -2.31. The van der Waals surface area contributed by atoms with Crippen LogP contribution in [0.5, 0.6) is 0 Å². The Balaban J connectivity index is 1.49. The lowest BCUT2D eigenvalue weighted by atomic mass is 9.80. The van der Waals surface area contributed by atoms with Crippen molar-refractivity contribution >= 4 is 34.9 Å². The number of thiophene rings is 1. The highest BCUT2D eigenvalue weighted by Crippen LogP contribution is 2.42. The molecule has 1 saturated heterocycles. The molecule has 4 rings (SSSR count). The van der Waals surface area contributed by atoms with Gasteiger partial charge in [-0.1, -0.05) is 19.1 Å². The summed E-state index contributed by atoms with van der Waals surface area (Å²) < 4.78 is 0. The topological polar surface area (TPSA) is 78.5 Å². The smallest absolute Gasteiger partial charge is 0.325 e. The highest BCUT2D eigenvalue weighted by molar-refractivity contribution is 7.10. The monoisotopic (exact) mass is 383 g/mol. The third kappa shape index (κ3) is 3.02. The van der Waals surface area contributed by atoms with Crippen molar-refractivity contribution in [2.24, 2.45) is 0 Å². The average molecular weight is 383 g/mol. The molecular weight excluding hydrogens is 362 g/mol. The number of hydrogen-bond donors (Lipinski definition) is 2. The van der Waals surface area contributed by atoms with Crippen LogP contribution in [0.2, 0.25) is 0 Å². The molecule has 1 atom stereocenters. The second kappa shape index (κ2) is 6.81. The highest BCUT2D eigenvalue weighted by Gasteiger charge is 2.54. The van der Waals surface area contributed by atoms with Gasteiger partial charge in [-0.25, -0.2) is 4.79 Å². The van der Waals surface area contributed by atoms with Gasteiger partial charge in [-0.15, -0.1) is 11.3 Å². The molecule has 0 saturated carbocycles. The molecule has 1 aromatic carbocycles. The molecule has 1 aliphatic carbocycles. The number of nitrogens with one attached hydrogen (secondary N) is 2. The zero-order chi connectivity index (χ0) is 19.0. The van der Waals surface area contributed by atoms with Crippen molar-refractivity contribution in [3.8, 4) is 0 Å². The van der Waals surface area contributed by atoms with Gasteiger partial charge in [0.25, 0.3) is 5.91 Å². The zero-order valence-electron chi connectivity index (χ0n) is 15.1. The number of nitrogens with zero attached hydrogens (tertiary/aromatic N) is 1. The van der Waals surface area contributed by atoms with Crippen LogP contribution in [0.25, 0.3) is 0 Å². The van der Waals surface area contributed by atoms with Crippen molar-refractivity contribution in [1.82, 2.24) is 10.2 Å². The predicted molar refractivity (Wildman–Crippen MR) is 104 cm³/mol. The van der Waals surface area contributed by atoms with E-state index in [-0.39, 0.29) is 18.4 Å². The van der Waals surface area contributed by atoms with Crippen molar-refractivity contribution in [3.63, 3.8) is 0 Å². The number of amides is 4. The molecule has 4 amide bonds. The van der Waals surface area contributed by atoms with E-state index < -0.39 is 11.6 Å². The predicted octanol–water partition coefficient (Wildman–Crippen LogP) is 3.03. The van der Waals surface area contributed by atoms with Crippen LogP contribution < -0.4 is 10.6 Å². The van der Waals surface area contributed by atoms with Gasteiger partial charge in [-0.3, -0.25) is 14.5 Å².